The molecule has 74 valence electrons. The molecule has 0 aliphatic carbocycles. The molecule has 2 heterocycles. The van der Waals surface area contributed by atoms with Crippen LogP contribution in [0.1, 0.15) is 10.4 Å². The van der Waals surface area contributed by atoms with E-state index in [1.165, 1.54) is 16.5 Å². The normalized spacial score (nSPS) is 15.9. The van der Waals surface area contributed by atoms with Gasteiger partial charge in [0.1, 0.15) is 0 Å². The van der Waals surface area contributed by atoms with E-state index < -0.39 is 5.97 Å². The zero-order valence-electron chi connectivity index (χ0n) is 7.64. The first-order valence-corrected chi connectivity index (χ1v) is 5.34. The molecule has 0 spiro atoms. The molecule has 2 rings (SSSR count). The van der Waals surface area contributed by atoms with Gasteiger partial charge in [0.25, 0.3) is 0 Å². The summed E-state index contributed by atoms with van der Waals surface area (Å²) in [5, 5.41) is 10.6. The van der Waals surface area contributed by atoms with Crippen molar-refractivity contribution in [1.82, 2.24) is 4.90 Å². The second-order valence-corrected chi connectivity index (χ2v) is 4.24. The van der Waals surface area contributed by atoms with Crippen LogP contribution >= 0.6 is 11.3 Å². The number of hydrogen-bond donors (Lipinski definition) is 1. The number of rotatable bonds is 2. The molecule has 0 radical (unpaired) electrons. The van der Waals surface area contributed by atoms with Gasteiger partial charge < -0.3 is 10.0 Å². The monoisotopic (exact) mass is 209 g/mol. The van der Waals surface area contributed by atoms with Crippen LogP contribution in [0.15, 0.2) is 23.7 Å². The van der Waals surface area contributed by atoms with Crippen molar-refractivity contribution in [1.29, 1.82) is 0 Å². The summed E-state index contributed by atoms with van der Waals surface area (Å²) in [6, 6.07) is 2.11. The van der Waals surface area contributed by atoms with Crippen LogP contribution in [0.4, 0.5) is 0 Å². The summed E-state index contributed by atoms with van der Waals surface area (Å²) in [7, 11) is 0. The Labute approximate surface area is 86.3 Å². The molecule has 0 fully saturated rings. The molecule has 0 bridgehead atoms. The maximum absolute atomic E-state index is 10.3. The summed E-state index contributed by atoms with van der Waals surface area (Å²) in [5.41, 5.74) is 1.33. The fourth-order valence-electron chi connectivity index (χ4n) is 1.57. The first-order valence-electron chi connectivity index (χ1n) is 4.46. The van der Waals surface area contributed by atoms with Crippen molar-refractivity contribution in [3.05, 3.63) is 34.2 Å². The summed E-state index contributed by atoms with van der Waals surface area (Å²) >= 11 is 1.78. The zero-order valence-corrected chi connectivity index (χ0v) is 8.46. The van der Waals surface area contributed by atoms with Crippen molar-refractivity contribution in [3.63, 3.8) is 0 Å². The molecule has 0 aromatic carbocycles. The largest absolute Gasteiger partial charge is 0.478 e. The quantitative estimate of drug-likeness (QED) is 0.754. The molecule has 0 amide bonds. The Hall–Kier alpha value is -1.29. The van der Waals surface area contributed by atoms with E-state index >= 15 is 0 Å². The molecule has 0 unspecified atom stereocenters. The minimum absolute atomic E-state index is 0.836. The van der Waals surface area contributed by atoms with E-state index in [1.807, 2.05) is 4.90 Å². The number of carboxylic acids is 1. The van der Waals surface area contributed by atoms with E-state index in [0.717, 1.165) is 19.5 Å². The molecule has 0 atom stereocenters. The Morgan fingerprint density at radius 3 is 3.29 bits per heavy atom. The SMILES string of the molecule is O=C(O)C=CN1CCc2sccc2C1. The minimum atomic E-state index is -0.888. The average molecular weight is 209 g/mol. The van der Waals surface area contributed by atoms with Crippen molar-refractivity contribution >= 4 is 17.3 Å². The molecule has 14 heavy (non-hydrogen) atoms. The van der Waals surface area contributed by atoms with E-state index in [2.05, 4.69) is 11.4 Å². The average Bonchev–Trinajstić information content (AvgIpc) is 2.61. The Bertz CT molecular complexity index is 370. The predicted octanol–water partition coefficient (Wildman–Crippen LogP) is 1.70. The number of aliphatic carboxylic acids is 1. The lowest BCUT2D eigenvalue weighted by atomic mass is 10.1. The third-order valence-corrected chi connectivity index (χ3v) is 3.29. The first kappa shape index (κ1) is 9.27. The lowest BCUT2D eigenvalue weighted by Crippen LogP contribution is -2.24. The van der Waals surface area contributed by atoms with Crippen molar-refractivity contribution in [2.45, 2.75) is 13.0 Å². The van der Waals surface area contributed by atoms with Crippen LogP contribution in [-0.2, 0) is 17.8 Å². The molecule has 1 aliphatic rings. The highest BCUT2D eigenvalue weighted by atomic mass is 32.1. The molecule has 1 N–H and O–H groups in total. The Morgan fingerprint density at radius 1 is 1.64 bits per heavy atom. The molecule has 0 saturated heterocycles. The topological polar surface area (TPSA) is 40.5 Å². The van der Waals surface area contributed by atoms with Crippen LogP contribution in [-0.4, -0.2) is 22.5 Å². The smallest absolute Gasteiger partial charge is 0.329 e. The highest BCUT2D eigenvalue weighted by Gasteiger charge is 2.14. The molecule has 1 aliphatic heterocycles. The zero-order chi connectivity index (χ0) is 9.97. The van der Waals surface area contributed by atoms with Gasteiger partial charge in [-0.2, -0.15) is 0 Å². The molecule has 1 aromatic heterocycles. The van der Waals surface area contributed by atoms with Gasteiger partial charge in [0.2, 0.25) is 0 Å². The number of nitrogens with zero attached hydrogens (tertiary/aromatic N) is 1. The fraction of sp³-hybridized carbons (Fsp3) is 0.300. The van der Waals surface area contributed by atoms with E-state index in [1.54, 1.807) is 17.5 Å². The second kappa shape index (κ2) is 3.84. The second-order valence-electron chi connectivity index (χ2n) is 3.24. The van der Waals surface area contributed by atoms with Gasteiger partial charge in [0.15, 0.2) is 0 Å². The summed E-state index contributed by atoms with van der Waals surface area (Å²) in [6.07, 6.45) is 3.87. The van der Waals surface area contributed by atoms with E-state index in [4.69, 9.17) is 5.11 Å². The van der Waals surface area contributed by atoms with Crippen LogP contribution < -0.4 is 0 Å². The Morgan fingerprint density at radius 2 is 2.50 bits per heavy atom. The van der Waals surface area contributed by atoms with Gasteiger partial charge in [-0.05, 0) is 23.4 Å². The maximum Gasteiger partial charge on any atom is 0.329 e. The van der Waals surface area contributed by atoms with Crippen LogP contribution in [0.25, 0.3) is 0 Å². The van der Waals surface area contributed by atoms with Gasteiger partial charge in [-0.15, -0.1) is 11.3 Å². The standard InChI is InChI=1S/C10H11NO2S/c12-10(13)2-5-11-4-1-9-8(7-11)3-6-14-9/h2-3,5-6H,1,4,7H2,(H,12,13). The number of carbonyl (C=O) groups is 1. The summed E-state index contributed by atoms with van der Waals surface area (Å²) < 4.78 is 0. The van der Waals surface area contributed by atoms with Crippen molar-refractivity contribution < 1.29 is 9.90 Å². The lowest BCUT2D eigenvalue weighted by Gasteiger charge is -2.24. The van der Waals surface area contributed by atoms with Gasteiger partial charge in [0, 0.05) is 30.2 Å². The van der Waals surface area contributed by atoms with Gasteiger partial charge >= 0.3 is 5.97 Å². The molecule has 4 heteroatoms. The van der Waals surface area contributed by atoms with Crippen LogP contribution in [0, 0.1) is 0 Å². The van der Waals surface area contributed by atoms with Gasteiger partial charge in [-0.25, -0.2) is 4.79 Å². The van der Waals surface area contributed by atoms with Crippen LogP contribution in [0.5, 0.6) is 0 Å². The van der Waals surface area contributed by atoms with Crippen LogP contribution in [0.3, 0.4) is 0 Å². The van der Waals surface area contributed by atoms with Gasteiger partial charge in [-0.3, -0.25) is 0 Å². The summed E-state index contributed by atoms with van der Waals surface area (Å²) in [6.45, 7) is 1.75. The number of hydrogen-bond acceptors (Lipinski definition) is 3. The summed E-state index contributed by atoms with van der Waals surface area (Å²) in [4.78, 5) is 13.8. The van der Waals surface area contributed by atoms with E-state index in [-0.39, 0.29) is 0 Å². The number of thiophene rings is 1. The lowest BCUT2D eigenvalue weighted by molar-refractivity contribution is -0.131. The molecule has 1 aromatic rings. The maximum atomic E-state index is 10.3. The van der Waals surface area contributed by atoms with Gasteiger partial charge in [0.05, 0.1) is 0 Å². The van der Waals surface area contributed by atoms with E-state index in [0.29, 0.717) is 0 Å². The third kappa shape index (κ3) is 1.96. The fourth-order valence-corrected chi connectivity index (χ4v) is 2.46. The number of carboxylic acid groups (broad SMARTS) is 1. The third-order valence-electron chi connectivity index (χ3n) is 2.27. The van der Waals surface area contributed by atoms with Crippen molar-refractivity contribution in [3.8, 4) is 0 Å². The van der Waals surface area contributed by atoms with Crippen molar-refractivity contribution in [2.24, 2.45) is 0 Å². The molecule has 3 nitrogen and oxygen atoms in total. The molecular weight excluding hydrogens is 198 g/mol. The Balaban J connectivity index is 2.04. The molecular formula is C10H11NO2S. The molecule has 0 saturated carbocycles. The first-order chi connectivity index (χ1) is 6.75. The summed E-state index contributed by atoms with van der Waals surface area (Å²) in [5.74, 6) is -0.888. The minimum Gasteiger partial charge on any atom is -0.478 e. The number of fused-ring (bicyclic) bond motifs is 1. The van der Waals surface area contributed by atoms with Crippen molar-refractivity contribution in [2.75, 3.05) is 6.54 Å². The highest BCUT2D eigenvalue weighted by Crippen LogP contribution is 2.23. The predicted molar refractivity (Wildman–Crippen MR) is 55.2 cm³/mol. The highest BCUT2D eigenvalue weighted by molar-refractivity contribution is 7.10. The Kier molecular flexibility index (Phi) is 2.54. The van der Waals surface area contributed by atoms with E-state index in [9.17, 15) is 4.79 Å². The van der Waals surface area contributed by atoms with Gasteiger partial charge in [-0.1, -0.05) is 0 Å². The van der Waals surface area contributed by atoms with Crippen LogP contribution in [0.2, 0.25) is 0 Å².